The predicted octanol–water partition coefficient (Wildman–Crippen LogP) is 2.38. The molecule has 0 radical (unpaired) electrons. The monoisotopic (exact) mass is 223 g/mol. The number of hydrogen-bond donors (Lipinski definition) is 1. The van der Waals surface area contributed by atoms with E-state index in [0.29, 0.717) is 6.04 Å². The zero-order chi connectivity index (χ0) is 12.0. The van der Waals surface area contributed by atoms with E-state index in [-0.39, 0.29) is 6.10 Å². The first-order valence-electron chi connectivity index (χ1n) is 5.57. The van der Waals surface area contributed by atoms with Crippen molar-refractivity contribution in [1.82, 2.24) is 5.32 Å². The van der Waals surface area contributed by atoms with Crippen LogP contribution in [-0.4, -0.2) is 26.8 Å². The fraction of sp³-hybridized carbons (Fsp3) is 0.538. The van der Waals surface area contributed by atoms with E-state index in [9.17, 15) is 0 Å². The van der Waals surface area contributed by atoms with E-state index >= 15 is 0 Å². The molecule has 0 aliphatic carbocycles. The van der Waals surface area contributed by atoms with Gasteiger partial charge in [0.25, 0.3) is 0 Å². The number of ether oxygens (including phenoxy) is 2. The maximum atomic E-state index is 5.46. The third kappa shape index (κ3) is 3.83. The van der Waals surface area contributed by atoms with Crippen LogP contribution in [0.25, 0.3) is 0 Å². The van der Waals surface area contributed by atoms with Gasteiger partial charge < -0.3 is 14.8 Å². The Hall–Kier alpha value is -1.06. The van der Waals surface area contributed by atoms with Crippen molar-refractivity contribution in [3.63, 3.8) is 0 Å². The highest BCUT2D eigenvalue weighted by atomic mass is 16.5. The molecule has 0 heterocycles. The molecule has 1 atom stereocenters. The van der Waals surface area contributed by atoms with Gasteiger partial charge >= 0.3 is 0 Å². The van der Waals surface area contributed by atoms with Gasteiger partial charge in [0.1, 0.15) is 5.75 Å². The number of methoxy groups -OCH3 is 2. The second kappa shape index (κ2) is 6.51. The minimum Gasteiger partial charge on any atom is -0.497 e. The van der Waals surface area contributed by atoms with Gasteiger partial charge in [0, 0.05) is 19.7 Å². The summed E-state index contributed by atoms with van der Waals surface area (Å²) in [5.41, 5.74) is 1.16. The van der Waals surface area contributed by atoms with Gasteiger partial charge in [-0.05, 0) is 17.7 Å². The van der Waals surface area contributed by atoms with Crippen LogP contribution in [0, 0.1) is 0 Å². The van der Waals surface area contributed by atoms with E-state index in [0.717, 1.165) is 17.9 Å². The number of benzene rings is 1. The molecule has 3 nitrogen and oxygen atoms in total. The topological polar surface area (TPSA) is 30.5 Å². The van der Waals surface area contributed by atoms with Crippen LogP contribution < -0.4 is 10.1 Å². The lowest BCUT2D eigenvalue weighted by molar-refractivity contribution is 0.100. The Morgan fingerprint density at radius 3 is 2.19 bits per heavy atom. The molecule has 3 heteroatoms. The molecule has 1 N–H and O–H groups in total. The first-order valence-corrected chi connectivity index (χ1v) is 5.57. The Labute approximate surface area is 97.8 Å². The van der Waals surface area contributed by atoms with Crippen LogP contribution >= 0.6 is 0 Å². The van der Waals surface area contributed by atoms with Gasteiger partial charge in [0.2, 0.25) is 0 Å². The summed E-state index contributed by atoms with van der Waals surface area (Å²) in [6.45, 7) is 5.07. The van der Waals surface area contributed by atoms with Gasteiger partial charge in [-0.25, -0.2) is 0 Å². The van der Waals surface area contributed by atoms with Crippen LogP contribution in [0.4, 0.5) is 0 Å². The van der Waals surface area contributed by atoms with Crippen molar-refractivity contribution < 1.29 is 9.47 Å². The predicted molar refractivity (Wildman–Crippen MR) is 65.9 cm³/mol. The lowest BCUT2D eigenvalue weighted by Gasteiger charge is -2.18. The van der Waals surface area contributed by atoms with Crippen molar-refractivity contribution in [2.75, 3.05) is 20.8 Å². The fourth-order valence-corrected chi connectivity index (χ4v) is 1.50. The molecule has 0 spiro atoms. The van der Waals surface area contributed by atoms with E-state index in [2.05, 4.69) is 19.2 Å². The molecule has 0 fully saturated rings. The zero-order valence-electron chi connectivity index (χ0n) is 10.5. The van der Waals surface area contributed by atoms with Gasteiger partial charge in [0.15, 0.2) is 0 Å². The van der Waals surface area contributed by atoms with E-state index in [1.54, 1.807) is 14.2 Å². The quantitative estimate of drug-likeness (QED) is 0.803. The average Bonchev–Trinajstić information content (AvgIpc) is 2.30. The molecule has 0 aliphatic heterocycles. The lowest BCUT2D eigenvalue weighted by Crippen LogP contribution is -2.28. The second-order valence-electron chi connectivity index (χ2n) is 4.06. The Kier molecular flexibility index (Phi) is 5.29. The average molecular weight is 223 g/mol. The standard InChI is InChI=1S/C13H21NO2/c1-10(2)14-9-13(16-4)11-5-7-12(15-3)8-6-11/h5-8,10,13-14H,9H2,1-4H3. The lowest BCUT2D eigenvalue weighted by atomic mass is 10.1. The summed E-state index contributed by atoms with van der Waals surface area (Å²) in [4.78, 5) is 0. The SMILES string of the molecule is COc1ccc(C(CNC(C)C)OC)cc1. The van der Waals surface area contributed by atoms with Crippen LogP contribution in [0.1, 0.15) is 25.5 Å². The van der Waals surface area contributed by atoms with Crippen LogP contribution in [0.5, 0.6) is 5.75 Å². The highest BCUT2D eigenvalue weighted by molar-refractivity contribution is 5.28. The normalized spacial score (nSPS) is 12.8. The van der Waals surface area contributed by atoms with E-state index in [4.69, 9.17) is 9.47 Å². The van der Waals surface area contributed by atoms with Gasteiger partial charge in [-0.15, -0.1) is 0 Å². The van der Waals surface area contributed by atoms with Crippen molar-refractivity contribution in [3.05, 3.63) is 29.8 Å². The van der Waals surface area contributed by atoms with Gasteiger partial charge in [0.05, 0.1) is 13.2 Å². The highest BCUT2D eigenvalue weighted by Gasteiger charge is 2.10. The number of rotatable bonds is 6. The smallest absolute Gasteiger partial charge is 0.118 e. The van der Waals surface area contributed by atoms with E-state index in [1.807, 2.05) is 24.3 Å². The van der Waals surface area contributed by atoms with E-state index < -0.39 is 0 Å². The molecule has 90 valence electrons. The summed E-state index contributed by atoms with van der Waals surface area (Å²) in [5, 5.41) is 3.37. The Morgan fingerprint density at radius 1 is 1.12 bits per heavy atom. The van der Waals surface area contributed by atoms with Crippen LogP contribution in [-0.2, 0) is 4.74 Å². The molecule has 1 aromatic rings. The van der Waals surface area contributed by atoms with Crippen molar-refractivity contribution >= 4 is 0 Å². The first kappa shape index (κ1) is 13.0. The Bertz CT molecular complexity index is 295. The molecule has 0 aromatic heterocycles. The number of hydrogen-bond acceptors (Lipinski definition) is 3. The maximum absolute atomic E-state index is 5.46. The molecular weight excluding hydrogens is 202 g/mol. The molecule has 0 aliphatic rings. The van der Waals surface area contributed by atoms with Crippen molar-refractivity contribution in [3.8, 4) is 5.75 Å². The molecular formula is C13H21NO2. The Morgan fingerprint density at radius 2 is 1.75 bits per heavy atom. The van der Waals surface area contributed by atoms with Crippen LogP contribution in [0.3, 0.4) is 0 Å². The maximum Gasteiger partial charge on any atom is 0.118 e. The first-order chi connectivity index (χ1) is 7.67. The molecule has 1 unspecified atom stereocenters. The van der Waals surface area contributed by atoms with Gasteiger partial charge in [-0.2, -0.15) is 0 Å². The molecule has 1 rings (SSSR count). The minimum atomic E-state index is 0.0910. The van der Waals surface area contributed by atoms with Gasteiger partial charge in [-0.3, -0.25) is 0 Å². The molecule has 16 heavy (non-hydrogen) atoms. The summed E-state index contributed by atoms with van der Waals surface area (Å²) in [6.07, 6.45) is 0.0910. The highest BCUT2D eigenvalue weighted by Crippen LogP contribution is 2.19. The minimum absolute atomic E-state index is 0.0910. The molecule has 0 amide bonds. The van der Waals surface area contributed by atoms with Crippen LogP contribution in [0.2, 0.25) is 0 Å². The molecule has 0 saturated heterocycles. The van der Waals surface area contributed by atoms with Crippen molar-refractivity contribution in [2.45, 2.75) is 26.0 Å². The largest absolute Gasteiger partial charge is 0.497 e. The second-order valence-corrected chi connectivity index (χ2v) is 4.06. The molecule has 0 bridgehead atoms. The van der Waals surface area contributed by atoms with E-state index in [1.165, 1.54) is 0 Å². The molecule has 0 saturated carbocycles. The fourth-order valence-electron chi connectivity index (χ4n) is 1.50. The van der Waals surface area contributed by atoms with Crippen LogP contribution in [0.15, 0.2) is 24.3 Å². The van der Waals surface area contributed by atoms with Crippen molar-refractivity contribution in [2.24, 2.45) is 0 Å². The van der Waals surface area contributed by atoms with Gasteiger partial charge in [-0.1, -0.05) is 26.0 Å². The summed E-state index contributed by atoms with van der Waals surface area (Å²) >= 11 is 0. The number of nitrogens with one attached hydrogen (secondary N) is 1. The third-order valence-electron chi connectivity index (χ3n) is 2.48. The molecule has 1 aromatic carbocycles. The summed E-state index contributed by atoms with van der Waals surface area (Å²) in [6, 6.07) is 8.45. The summed E-state index contributed by atoms with van der Waals surface area (Å²) in [5.74, 6) is 0.871. The zero-order valence-corrected chi connectivity index (χ0v) is 10.5. The Balaban J connectivity index is 2.63. The van der Waals surface area contributed by atoms with Crippen molar-refractivity contribution in [1.29, 1.82) is 0 Å². The third-order valence-corrected chi connectivity index (χ3v) is 2.48. The summed E-state index contributed by atoms with van der Waals surface area (Å²) < 4.78 is 10.6. The summed E-state index contributed by atoms with van der Waals surface area (Å²) in [7, 11) is 3.40.